The van der Waals surface area contributed by atoms with Crippen LogP contribution in [-0.2, 0) is 9.53 Å². The number of amides is 1. The van der Waals surface area contributed by atoms with Crippen LogP contribution >= 0.6 is 0 Å². The van der Waals surface area contributed by atoms with Gasteiger partial charge in [-0.1, -0.05) is 13.8 Å². The van der Waals surface area contributed by atoms with Gasteiger partial charge in [0.1, 0.15) is 0 Å². The molecule has 0 aliphatic carbocycles. The van der Waals surface area contributed by atoms with Crippen molar-refractivity contribution in [2.24, 2.45) is 5.92 Å². The van der Waals surface area contributed by atoms with E-state index in [9.17, 15) is 4.79 Å². The zero-order valence-corrected chi connectivity index (χ0v) is 13.1. The van der Waals surface area contributed by atoms with Gasteiger partial charge < -0.3 is 14.5 Å². The first-order chi connectivity index (χ1) is 9.68. The molecule has 0 saturated carbocycles. The Bertz CT molecular complexity index is 295. The van der Waals surface area contributed by atoms with Gasteiger partial charge >= 0.3 is 0 Å². The number of ether oxygens (including phenoxy) is 1. The fourth-order valence-corrected chi connectivity index (χ4v) is 3.27. The normalized spacial score (nSPS) is 21.6. The summed E-state index contributed by atoms with van der Waals surface area (Å²) < 4.78 is 5.43. The van der Waals surface area contributed by atoms with E-state index in [1.807, 2.05) is 13.8 Å². The summed E-state index contributed by atoms with van der Waals surface area (Å²) in [5.74, 6) is 0.419. The van der Waals surface area contributed by atoms with Crippen molar-refractivity contribution in [2.75, 3.05) is 39.4 Å². The Hall–Kier alpha value is -0.610. The highest BCUT2D eigenvalue weighted by Crippen LogP contribution is 2.18. The van der Waals surface area contributed by atoms with Crippen molar-refractivity contribution >= 4 is 5.91 Å². The second-order valence-corrected chi connectivity index (χ2v) is 6.43. The van der Waals surface area contributed by atoms with Crippen LogP contribution < -0.4 is 0 Å². The molecule has 20 heavy (non-hydrogen) atoms. The first kappa shape index (κ1) is 15.8. The van der Waals surface area contributed by atoms with Crippen molar-refractivity contribution in [3.63, 3.8) is 0 Å². The molecule has 2 aliphatic heterocycles. The molecule has 0 radical (unpaired) electrons. The number of likely N-dealkylation sites (tertiary alicyclic amines) is 1. The summed E-state index contributed by atoms with van der Waals surface area (Å²) >= 11 is 0. The molecule has 2 heterocycles. The van der Waals surface area contributed by atoms with Crippen LogP contribution in [0.1, 0.15) is 46.0 Å². The zero-order valence-electron chi connectivity index (χ0n) is 13.1. The van der Waals surface area contributed by atoms with Gasteiger partial charge in [0.05, 0.1) is 0 Å². The predicted octanol–water partition coefficient (Wildman–Crippen LogP) is 2.14. The van der Waals surface area contributed by atoms with Gasteiger partial charge in [0.15, 0.2) is 0 Å². The number of hydrogen-bond donors (Lipinski definition) is 0. The number of carbonyl (C=O) groups excluding carboxylic acids is 1. The fourth-order valence-electron chi connectivity index (χ4n) is 3.27. The monoisotopic (exact) mass is 282 g/mol. The van der Waals surface area contributed by atoms with Crippen LogP contribution in [0.15, 0.2) is 0 Å². The van der Waals surface area contributed by atoms with E-state index in [-0.39, 0.29) is 5.92 Å². The molecule has 116 valence electrons. The Balaban J connectivity index is 1.82. The Kier molecular flexibility index (Phi) is 6.30. The van der Waals surface area contributed by atoms with Crippen molar-refractivity contribution in [1.29, 1.82) is 0 Å². The first-order valence-electron chi connectivity index (χ1n) is 8.29. The summed E-state index contributed by atoms with van der Waals surface area (Å²) in [6.45, 7) is 10.2. The third-order valence-corrected chi connectivity index (χ3v) is 4.48. The van der Waals surface area contributed by atoms with Crippen LogP contribution in [0.4, 0.5) is 0 Å². The van der Waals surface area contributed by atoms with Crippen molar-refractivity contribution in [3.05, 3.63) is 0 Å². The number of carbonyl (C=O) groups is 1. The van der Waals surface area contributed by atoms with E-state index in [0.29, 0.717) is 11.9 Å². The highest BCUT2D eigenvalue weighted by molar-refractivity contribution is 5.78. The maximum Gasteiger partial charge on any atom is 0.225 e. The van der Waals surface area contributed by atoms with E-state index >= 15 is 0 Å². The van der Waals surface area contributed by atoms with E-state index < -0.39 is 0 Å². The molecule has 2 fully saturated rings. The molecule has 4 heteroatoms. The Morgan fingerprint density at radius 1 is 1.25 bits per heavy atom. The topological polar surface area (TPSA) is 32.8 Å². The van der Waals surface area contributed by atoms with Crippen molar-refractivity contribution in [1.82, 2.24) is 9.80 Å². The highest BCUT2D eigenvalue weighted by Gasteiger charge is 2.27. The molecule has 0 unspecified atom stereocenters. The molecule has 0 spiro atoms. The summed E-state index contributed by atoms with van der Waals surface area (Å²) in [5.41, 5.74) is 0. The van der Waals surface area contributed by atoms with Gasteiger partial charge in [-0.3, -0.25) is 4.79 Å². The summed E-state index contributed by atoms with van der Waals surface area (Å²) in [4.78, 5) is 17.1. The maximum atomic E-state index is 12.4. The average Bonchev–Trinajstić information content (AvgIpc) is 2.97. The second-order valence-electron chi connectivity index (χ2n) is 6.43. The van der Waals surface area contributed by atoms with Crippen molar-refractivity contribution < 1.29 is 9.53 Å². The minimum absolute atomic E-state index is 0.102. The molecule has 1 amide bonds. The van der Waals surface area contributed by atoms with Gasteiger partial charge in [-0.25, -0.2) is 0 Å². The molecule has 0 aromatic heterocycles. The van der Waals surface area contributed by atoms with Gasteiger partial charge in [0.25, 0.3) is 0 Å². The number of nitrogens with zero attached hydrogens (tertiary/aromatic N) is 2. The standard InChI is InChI=1S/C16H30N2O2/c1-14(2)16(19)18(15-6-12-20-13-7-15)11-5-10-17-8-3-4-9-17/h14-15H,3-13H2,1-2H3. The first-order valence-corrected chi connectivity index (χ1v) is 8.29. The largest absolute Gasteiger partial charge is 0.381 e. The molecular weight excluding hydrogens is 252 g/mol. The SMILES string of the molecule is CC(C)C(=O)N(CCCN1CCCC1)C1CCOCC1. The van der Waals surface area contributed by atoms with Crippen LogP contribution in [0.25, 0.3) is 0 Å². The molecule has 4 nitrogen and oxygen atoms in total. The Labute approximate surface area is 123 Å². The molecule has 2 aliphatic rings. The van der Waals surface area contributed by atoms with Gasteiger partial charge in [0, 0.05) is 31.7 Å². The third kappa shape index (κ3) is 4.45. The van der Waals surface area contributed by atoms with E-state index in [0.717, 1.165) is 45.6 Å². The quantitative estimate of drug-likeness (QED) is 0.748. The lowest BCUT2D eigenvalue weighted by atomic mass is 10.0. The molecular formula is C16H30N2O2. The minimum Gasteiger partial charge on any atom is -0.381 e. The number of rotatable bonds is 6. The van der Waals surface area contributed by atoms with Gasteiger partial charge in [-0.05, 0) is 51.7 Å². The summed E-state index contributed by atoms with van der Waals surface area (Å²) in [7, 11) is 0. The molecule has 2 rings (SSSR count). The van der Waals surface area contributed by atoms with E-state index in [1.54, 1.807) is 0 Å². The average molecular weight is 282 g/mol. The Morgan fingerprint density at radius 2 is 1.90 bits per heavy atom. The van der Waals surface area contributed by atoms with E-state index in [4.69, 9.17) is 4.74 Å². The molecule has 0 atom stereocenters. The maximum absolute atomic E-state index is 12.4. The molecule has 0 aromatic rings. The summed E-state index contributed by atoms with van der Waals surface area (Å²) in [6.07, 6.45) is 5.80. The highest BCUT2D eigenvalue weighted by atomic mass is 16.5. The van der Waals surface area contributed by atoms with Crippen LogP contribution in [0.5, 0.6) is 0 Å². The van der Waals surface area contributed by atoms with Crippen LogP contribution in [0, 0.1) is 5.92 Å². The smallest absolute Gasteiger partial charge is 0.225 e. The Morgan fingerprint density at radius 3 is 2.50 bits per heavy atom. The summed E-state index contributed by atoms with van der Waals surface area (Å²) in [6, 6.07) is 0.400. The molecule has 2 saturated heterocycles. The zero-order chi connectivity index (χ0) is 14.4. The van der Waals surface area contributed by atoms with Gasteiger partial charge in [-0.2, -0.15) is 0 Å². The van der Waals surface area contributed by atoms with Crippen molar-refractivity contribution in [3.8, 4) is 0 Å². The van der Waals surface area contributed by atoms with Crippen LogP contribution in [0.3, 0.4) is 0 Å². The molecule has 0 N–H and O–H groups in total. The van der Waals surface area contributed by atoms with Gasteiger partial charge in [-0.15, -0.1) is 0 Å². The minimum atomic E-state index is 0.102. The lowest BCUT2D eigenvalue weighted by Crippen LogP contribution is -2.46. The lowest BCUT2D eigenvalue weighted by Gasteiger charge is -2.36. The summed E-state index contributed by atoms with van der Waals surface area (Å²) in [5, 5.41) is 0. The van der Waals surface area contributed by atoms with Gasteiger partial charge in [0.2, 0.25) is 5.91 Å². The second kappa shape index (κ2) is 7.99. The fraction of sp³-hybridized carbons (Fsp3) is 0.938. The van der Waals surface area contributed by atoms with Crippen LogP contribution in [0.2, 0.25) is 0 Å². The van der Waals surface area contributed by atoms with E-state index in [1.165, 1.54) is 25.9 Å². The van der Waals surface area contributed by atoms with Crippen molar-refractivity contribution in [2.45, 2.75) is 52.0 Å². The molecule has 0 bridgehead atoms. The lowest BCUT2D eigenvalue weighted by molar-refractivity contribution is -0.138. The number of hydrogen-bond acceptors (Lipinski definition) is 3. The van der Waals surface area contributed by atoms with Crippen LogP contribution in [-0.4, -0.2) is 61.1 Å². The van der Waals surface area contributed by atoms with E-state index in [2.05, 4.69) is 9.80 Å². The third-order valence-electron chi connectivity index (χ3n) is 4.48. The molecule has 0 aromatic carbocycles. The predicted molar refractivity (Wildman–Crippen MR) is 80.7 cm³/mol.